The molecule has 0 radical (unpaired) electrons. The van der Waals surface area contributed by atoms with Crippen LogP contribution in [0, 0.1) is 5.92 Å². The van der Waals surface area contributed by atoms with E-state index in [1.807, 2.05) is 68.6 Å². The first-order valence-electron chi connectivity index (χ1n) is 13.0. The molecule has 1 atom stereocenters. The van der Waals surface area contributed by atoms with E-state index >= 15 is 0 Å². The minimum absolute atomic E-state index is 0.125. The van der Waals surface area contributed by atoms with Crippen LogP contribution in [0.25, 0.3) is 5.52 Å². The lowest BCUT2D eigenvalue weighted by Crippen LogP contribution is -2.41. The number of likely N-dealkylation sites (tertiary alicyclic amines) is 1. The van der Waals surface area contributed by atoms with Gasteiger partial charge in [-0.15, -0.1) is 0 Å². The van der Waals surface area contributed by atoms with E-state index in [9.17, 15) is 19.5 Å². The number of hydrogen-bond acceptors (Lipinski definition) is 4. The van der Waals surface area contributed by atoms with Crippen molar-refractivity contribution in [3.63, 3.8) is 0 Å². The maximum atomic E-state index is 13.0. The summed E-state index contributed by atoms with van der Waals surface area (Å²) in [6.45, 7) is 8.93. The van der Waals surface area contributed by atoms with Crippen molar-refractivity contribution in [1.29, 1.82) is 0 Å². The minimum Gasteiger partial charge on any atom is -0.478 e. The van der Waals surface area contributed by atoms with E-state index in [2.05, 4.69) is 0 Å². The zero-order valence-corrected chi connectivity index (χ0v) is 22.1. The SMILES string of the molecule is CC(CCc1cc2cc(C(=O)O)ccn2c1)C(=O)c1ccc(C2CCN(C(=O)OC(C)(C)C)CC2)cc1. The van der Waals surface area contributed by atoms with E-state index in [1.54, 1.807) is 23.2 Å². The van der Waals surface area contributed by atoms with Crippen LogP contribution in [0.5, 0.6) is 0 Å². The molecule has 1 fully saturated rings. The van der Waals surface area contributed by atoms with Gasteiger partial charge in [0.05, 0.1) is 5.56 Å². The maximum absolute atomic E-state index is 13.0. The van der Waals surface area contributed by atoms with Gasteiger partial charge in [0.1, 0.15) is 5.60 Å². The third kappa shape index (κ3) is 6.59. The highest BCUT2D eigenvalue weighted by atomic mass is 16.6. The molecule has 1 aliphatic heterocycles. The number of ketones is 1. The Kier molecular flexibility index (Phi) is 7.71. The van der Waals surface area contributed by atoms with Crippen LogP contribution in [-0.4, -0.2) is 50.9 Å². The summed E-state index contributed by atoms with van der Waals surface area (Å²) < 4.78 is 7.39. The number of benzene rings is 1. The molecule has 0 saturated carbocycles. The number of hydrogen-bond donors (Lipinski definition) is 1. The number of carbonyl (C=O) groups is 3. The first-order chi connectivity index (χ1) is 17.5. The number of aromatic nitrogens is 1. The Morgan fingerprint density at radius 2 is 1.70 bits per heavy atom. The number of fused-ring (bicyclic) bond motifs is 1. The third-order valence-corrected chi connectivity index (χ3v) is 7.03. The average molecular weight is 505 g/mol. The molecular weight excluding hydrogens is 468 g/mol. The number of pyridine rings is 1. The zero-order valence-electron chi connectivity index (χ0n) is 22.1. The Balaban J connectivity index is 1.30. The molecule has 1 saturated heterocycles. The van der Waals surface area contributed by atoms with Gasteiger partial charge in [-0.2, -0.15) is 0 Å². The number of carbonyl (C=O) groups excluding carboxylic acids is 2. The first-order valence-corrected chi connectivity index (χ1v) is 13.0. The van der Waals surface area contributed by atoms with E-state index in [-0.39, 0.29) is 23.4 Å². The molecule has 37 heavy (non-hydrogen) atoms. The standard InChI is InChI=1S/C30H36N2O5/c1-20(5-6-21-17-26-18-25(28(34)35)13-16-32(26)19-21)27(33)24-9-7-22(8-10-24)23-11-14-31(15-12-23)29(36)37-30(2,3)4/h7-10,13,16-20,23H,5-6,11-12,14-15H2,1-4H3,(H,34,35). The molecule has 1 aromatic carbocycles. The van der Waals surface area contributed by atoms with Gasteiger partial charge in [-0.3, -0.25) is 4.79 Å². The Bertz CT molecular complexity index is 1280. The first kappa shape index (κ1) is 26.5. The molecule has 1 N–H and O–H groups in total. The van der Waals surface area contributed by atoms with Gasteiger partial charge in [0.25, 0.3) is 0 Å². The number of Topliss-reactive ketones (excluding diaryl/α,β-unsaturated/α-hetero) is 1. The van der Waals surface area contributed by atoms with Crippen LogP contribution in [0.3, 0.4) is 0 Å². The largest absolute Gasteiger partial charge is 0.478 e. The van der Waals surface area contributed by atoms with Crippen molar-refractivity contribution in [1.82, 2.24) is 9.30 Å². The van der Waals surface area contributed by atoms with Crippen molar-refractivity contribution in [3.05, 3.63) is 77.1 Å². The lowest BCUT2D eigenvalue weighted by Gasteiger charge is -2.33. The number of aromatic carboxylic acids is 1. The van der Waals surface area contributed by atoms with E-state index < -0.39 is 11.6 Å². The van der Waals surface area contributed by atoms with Gasteiger partial charge in [-0.25, -0.2) is 9.59 Å². The lowest BCUT2D eigenvalue weighted by atomic mass is 9.87. The van der Waals surface area contributed by atoms with Crippen LogP contribution in [0.2, 0.25) is 0 Å². The van der Waals surface area contributed by atoms with Crippen molar-refractivity contribution < 1.29 is 24.2 Å². The highest BCUT2D eigenvalue weighted by Gasteiger charge is 2.27. The fraction of sp³-hybridized carbons (Fsp3) is 0.433. The Morgan fingerprint density at radius 3 is 2.32 bits per heavy atom. The summed E-state index contributed by atoms with van der Waals surface area (Å²) in [7, 11) is 0. The van der Waals surface area contributed by atoms with Crippen molar-refractivity contribution >= 4 is 23.4 Å². The van der Waals surface area contributed by atoms with Gasteiger partial charge in [0.2, 0.25) is 0 Å². The molecule has 3 aromatic rings. The van der Waals surface area contributed by atoms with Crippen molar-refractivity contribution in [2.75, 3.05) is 13.1 Å². The second kappa shape index (κ2) is 10.8. The summed E-state index contributed by atoms with van der Waals surface area (Å²) >= 11 is 0. The normalized spacial score (nSPS) is 15.5. The van der Waals surface area contributed by atoms with Crippen LogP contribution >= 0.6 is 0 Å². The summed E-state index contributed by atoms with van der Waals surface area (Å²) in [4.78, 5) is 38.3. The smallest absolute Gasteiger partial charge is 0.410 e. The topological polar surface area (TPSA) is 88.3 Å². The van der Waals surface area contributed by atoms with Crippen molar-refractivity contribution in [3.8, 4) is 0 Å². The van der Waals surface area contributed by atoms with Crippen LogP contribution in [0.1, 0.15) is 84.7 Å². The van der Waals surface area contributed by atoms with Crippen LogP contribution < -0.4 is 0 Å². The second-order valence-electron chi connectivity index (χ2n) is 11.1. The molecule has 196 valence electrons. The maximum Gasteiger partial charge on any atom is 0.410 e. The van der Waals surface area contributed by atoms with E-state index in [1.165, 1.54) is 5.56 Å². The average Bonchev–Trinajstić information content (AvgIpc) is 3.28. The Labute approximate surface area is 218 Å². The fourth-order valence-corrected chi connectivity index (χ4v) is 4.88. The minimum atomic E-state index is -0.943. The Morgan fingerprint density at radius 1 is 1.03 bits per heavy atom. The molecule has 2 aromatic heterocycles. The molecule has 1 aliphatic rings. The Hall–Kier alpha value is -3.61. The fourth-order valence-electron chi connectivity index (χ4n) is 4.88. The second-order valence-corrected chi connectivity index (χ2v) is 11.1. The summed E-state index contributed by atoms with van der Waals surface area (Å²) in [6.07, 6.45) is 6.70. The highest BCUT2D eigenvalue weighted by molar-refractivity contribution is 5.97. The van der Waals surface area contributed by atoms with Crippen molar-refractivity contribution in [2.24, 2.45) is 5.92 Å². The molecular formula is C30H36N2O5. The molecule has 0 bridgehead atoms. The van der Waals surface area contributed by atoms with Gasteiger partial charge in [-0.1, -0.05) is 31.2 Å². The molecule has 0 aliphatic carbocycles. The number of rotatable bonds is 7. The predicted molar refractivity (Wildman–Crippen MR) is 142 cm³/mol. The molecule has 7 heteroatoms. The third-order valence-electron chi connectivity index (χ3n) is 7.03. The predicted octanol–water partition coefficient (Wildman–Crippen LogP) is 6.20. The van der Waals surface area contributed by atoms with Crippen LogP contribution in [-0.2, 0) is 11.2 Å². The molecule has 3 heterocycles. The lowest BCUT2D eigenvalue weighted by molar-refractivity contribution is 0.0204. The van der Waals surface area contributed by atoms with Gasteiger partial charge in [0, 0.05) is 42.5 Å². The zero-order chi connectivity index (χ0) is 26.7. The molecule has 4 rings (SSSR count). The number of carboxylic acids is 1. The number of carboxylic acid groups (broad SMARTS) is 1. The number of aryl methyl sites for hydroxylation is 1. The van der Waals surface area contributed by atoms with E-state index in [0.717, 1.165) is 35.9 Å². The number of amides is 1. The van der Waals surface area contributed by atoms with Crippen LogP contribution in [0.15, 0.2) is 54.9 Å². The summed E-state index contributed by atoms with van der Waals surface area (Å²) in [5.41, 5.74) is 3.61. The monoisotopic (exact) mass is 504 g/mol. The van der Waals surface area contributed by atoms with Gasteiger partial charge in [-0.05, 0) is 81.7 Å². The van der Waals surface area contributed by atoms with Gasteiger partial charge in [0.15, 0.2) is 5.78 Å². The van der Waals surface area contributed by atoms with Gasteiger partial charge >= 0.3 is 12.1 Å². The quantitative estimate of drug-likeness (QED) is 0.387. The summed E-state index contributed by atoms with van der Waals surface area (Å²) in [6, 6.07) is 13.2. The number of nitrogens with zero attached hydrogens (tertiary/aromatic N) is 2. The number of ether oxygens (including phenoxy) is 1. The van der Waals surface area contributed by atoms with E-state index in [0.29, 0.717) is 25.4 Å². The van der Waals surface area contributed by atoms with Gasteiger partial charge < -0.3 is 19.1 Å². The van der Waals surface area contributed by atoms with Crippen LogP contribution in [0.4, 0.5) is 4.79 Å². The molecule has 0 spiro atoms. The highest BCUT2D eigenvalue weighted by Crippen LogP contribution is 2.29. The van der Waals surface area contributed by atoms with E-state index in [4.69, 9.17) is 4.74 Å². The summed E-state index contributed by atoms with van der Waals surface area (Å²) in [5, 5.41) is 9.19. The van der Waals surface area contributed by atoms with Crippen molar-refractivity contribution in [2.45, 2.75) is 64.9 Å². The summed E-state index contributed by atoms with van der Waals surface area (Å²) in [5.74, 6) is -0.573. The number of piperidine rings is 1. The molecule has 1 unspecified atom stereocenters. The molecule has 1 amide bonds. The molecule has 7 nitrogen and oxygen atoms in total.